The van der Waals surface area contributed by atoms with Crippen molar-refractivity contribution in [1.29, 1.82) is 0 Å². The quantitative estimate of drug-likeness (QED) is 0.829. The summed E-state index contributed by atoms with van der Waals surface area (Å²) in [4.78, 5) is 38.1. The van der Waals surface area contributed by atoms with Crippen molar-refractivity contribution in [2.75, 3.05) is 37.3 Å². The van der Waals surface area contributed by atoms with Crippen molar-refractivity contribution in [3.05, 3.63) is 47.0 Å². The SMILES string of the molecule is CNc1nc2c(c(C(=O)N3CCCC3)n1)CN(C(=O)Nc1ccc(F)cc1)CC2. The van der Waals surface area contributed by atoms with E-state index in [-0.39, 0.29) is 24.3 Å². The molecule has 0 unspecified atom stereocenters. The third kappa shape index (κ3) is 3.98. The summed E-state index contributed by atoms with van der Waals surface area (Å²) in [5.41, 5.74) is 2.36. The van der Waals surface area contributed by atoms with Crippen LogP contribution in [0.1, 0.15) is 34.6 Å². The molecule has 152 valence electrons. The number of nitrogens with one attached hydrogen (secondary N) is 2. The minimum absolute atomic E-state index is 0.113. The predicted molar refractivity (Wildman–Crippen MR) is 106 cm³/mol. The topological polar surface area (TPSA) is 90.5 Å². The molecule has 3 amide bonds. The molecule has 1 fully saturated rings. The monoisotopic (exact) mass is 398 g/mol. The Balaban J connectivity index is 1.57. The fraction of sp³-hybridized carbons (Fsp3) is 0.400. The highest BCUT2D eigenvalue weighted by Crippen LogP contribution is 2.25. The van der Waals surface area contributed by atoms with Crippen LogP contribution in [-0.2, 0) is 13.0 Å². The van der Waals surface area contributed by atoms with Gasteiger partial charge >= 0.3 is 6.03 Å². The molecular weight excluding hydrogens is 375 g/mol. The number of anilines is 2. The van der Waals surface area contributed by atoms with E-state index in [1.54, 1.807) is 16.8 Å². The summed E-state index contributed by atoms with van der Waals surface area (Å²) in [6.45, 7) is 2.17. The Morgan fingerprint density at radius 2 is 1.76 bits per heavy atom. The predicted octanol–water partition coefficient (Wildman–Crippen LogP) is 2.48. The average Bonchev–Trinajstić information content (AvgIpc) is 3.28. The zero-order chi connectivity index (χ0) is 20.4. The molecule has 0 spiro atoms. The Bertz CT molecular complexity index is 927. The van der Waals surface area contributed by atoms with Gasteiger partial charge in [-0.1, -0.05) is 0 Å². The largest absolute Gasteiger partial charge is 0.357 e. The molecule has 2 aromatic rings. The zero-order valence-corrected chi connectivity index (χ0v) is 16.2. The van der Waals surface area contributed by atoms with Gasteiger partial charge in [0.05, 0.1) is 12.2 Å². The lowest BCUT2D eigenvalue weighted by atomic mass is 10.0. The number of nitrogens with zero attached hydrogens (tertiary/aromatic N) is 4. The van der Waals surface area contributed by atoms with E-state index < -0.39 is 0 Å². The first kappa shape index (κ1) is 19.1. The lowest BCUT2D eigenvalue weighted by molar-refractivity contribution is 0.0783. The zero-order valence-electron chi connectivity index (χ0n) is 16.2. The van der Waals surface area contributed by atoms with Crippen LogP contribution in [-0.4, -0.2) is 58.4 Å². The Morgan fingerprint density at radius 3 is 2.45 bits per heavy atom. The molecule has 29 heavy (non-hydrogen) atoms. The molecule has 1 saturated heterocycles. The van der Waals surface area contributed by atoms with Gasteiger partial charge in [-0.25, -0.2) is 19.2 Å². The normalized spacial score (nSPS) is 15.8. The van der Waals surface area contributed by atoms with Gasteiger partial charge < -0.3 is 20.4 Å². The Labute approximate surface area is 168 Å². The highest BCUT2D eigenvalue weighted by atomic mass is 19.1. The molecule has 0 saturated carbocycles. The van der Waals surface area contributed by atoms with Gasteiger partial charge in [0.2, 0.25) is 5.95 Å². The van der Waals surface area contributed by atoms with Crippen LogP contribution in [0.15, 0.2) is 24.3 Å². The highest BCUT2D eigenvalue weighted by molar-refractivity contribution is 5.95. The smallest absolute Gasteiger partial charge is 0.322 e. The molecular formula is C20H23FN6O2. The minimum Gasteiger partial charge on any atom is -0.357 e. The second-order valence-electron chi connectivity index (χ2n) is 7.18. The molecule has 4 rings (SSSR count). The van der Waals surface area contributed by atoms with Crippen LogP contribution in [0, 0.1) is 5.82 Å². The van der Waals surface area contributed by atoms with Gasteiger partial charge in [-0.05, 0) is 37.1 Å². The van der Waals surface area contributed by atoms with E-state index in [0.717, 1.165) is 31.6 Å². The van der Waals surface area contributed by atoms with Crippen LogP contribution in [0.4, 0.5) is 20.8 Å². The molecule has 0 radical (unpaired) electrons. The summed E-state index contributed by atoms with van der Waals surface area (Å²) in [7, 11) is 1.72. The van der Waals surface area contributed by atoms with Gasteiger partial charge in [0.15, 0.2) is 0 Å². The van der Waals surface area contributed by atoms with Gasteiger partial charge in [-0.15, -0.1) is 0 Å². The van der Waals surface area contributed by atoms with E-state index >= 15 is 0 Å². The minimum atomic E-state index is -0.363. The number of benzene rings is 1. The Hall–Kier alpha value is -3.23. The van der Waals surface area contributed by atoms with Gasteiger partial charge in [0, 0.05) is 44.4 Å². The number of amides is 3. The number of aromatic nitrogens is 2. The summed E-state index contributed by atoms with van der Waals surface area (Å²) in [5, 5.41) is 5.69. The standard InChI is InChI=1S/C20H23FN6O2/c1-22-19-24-16-8-11-27(20(29)23-14-6-4-13(21)5-7-14)12-15(16)17(25-19)18(28)26-9-2-3-10-26/h4-7H,2-3,8-12H2,1H3,(H,23,29)(H,22,24,25). The van der Waals surface area contributed by atoms with Crippen LogP contribution < -0.4 is 10.6 Å². The van der Waals surface area contributed by atoms with Crippen molar-refractivity contribution in [1.82, 2.24) is 19.8 Å². The maximum Gasteiger partial charge on any atom is 0.322 e. The number of rotatable bonds is 3. The molecule has 0 bridgehead atoms. The molecule has 9 heteroatoms. The van der Waals surface area contributed by atoms with Gasteiger partial charge in [0.1, 0.15) is 11.5 Å². The summed E-state index contributed by atoms with van der Waals surface area (Å²) in [6, 6.07) is 5.30. The molecule has 0 aliphatic carbocycles. The lowest BCUT2D eigenvalue weighted by Gasteiger charge is -2.30. The van der Waals surface area contributed by atoms with E-state index in [0.29, 0.717) is 35.9 Å². The Morgan fingerprint density at radius 1 is 1.03 bits per heavy atom. The molecule has 1 aromatic heterocycles. The van der Waals surface area contributed by atoms with Crippen LogP contribution in [0.5, 0.6) is 0 Å². The number of halogens is 1. The third-order valence-electron chi connectivity index (χ3n) is 5.26. The average molecular weight is 398 g/mol. The van der Waals surface area contributed by atoms with Crippen LogP contribution in [0.2, 0.25) is 0 Å². The molecule has 1 aromatic carbocycles. The molecule has 8 nitrogen and oxygen atoms in total. The van der Waals surface area contributed by atoms with Crippen LogP contribution in [0.25, 0.3) is 0 Å². The summed E-state index contributed by atoms with van der Waals surface area (Å²) in [5.74, 6) is -0.0635. The van der Waals surface area contributed by atoms with Crippen molar-refractivity contribution < 1.29 is 14.0 Å². The second-order valence-corrected chi connectivity index (χ2v) is 7.18. The fourth-order valence-corrected chi connectivity index (χ4v) is 3.68. The van der Waals surface area contributed by atoms with Crippen molar-refractivity contribution in [3.63, 3.8) is 0 Å². The fourth-order valence-electron chi connectivity index (χ4n) is 3.68. The van der Waals surface area contributed by atoms with Gasteiger partial charge in [-0.3, -0.25) is 4.79 Å². The number of hydrogen-bond acceptors (Lipinski definition) is 5. The van der Waals surface area contributed by atoms with Crippen molar-refractivity contribution >= 4 is 23.6 Å². The number of hydrogen-bond donors (Lipinski definition) is 2. The molecule has 0 atom stereocenters. The van der Waals surface area contributed by atoms with Gasteiger partial charge in [-0.2, -0.15) is 0 Å². The van der Waals surface area contributed by atoms with Crippen molar-refractivity contribution in [2.45, 2.75) is 25.8 Å². The molecule has 3 heterocycles. The van der Waals surface area contributed by atoms with E-state index in [1.165, 1.54) is 24.3 Å². The maximum atomic E-state index is 13.1. The summed E-state index contributed by atoms with van der Waals surface area (Å²) in [6.07, 6.45) is 2.51. The number of urea groups is 1. The molecule has 2 aliphatic heterocycles. The summed E-state index contributed by atoms with van der Waals surface area (Å²) < 4.78 is 13.1. The lowest BCUT2D eigenvalue weighted by Crippen LogP contribution is -2.41. The first-order chi connectivity index (χ1) is 14.0. The van der Waals surface area contributed by atoms with E-state index in [4.69, 9.17) is 0 Å². The number of carbonyl (C=O) groups excluding carboxylic acids is 2. The first-order valence-corrected chi connectivity index (χ1v) is 9.73. The van der Waals surface area contributed by atoms with Crippen molar-refractivity contribution in [3.8, 4) is 0 Å². The van der Waals surface area contributed by atoms with Crippen LogP contribution >= 0.6 is 0 Å². The third-order valence-corrected chi connectivity index (χ3v) is 5.26. The summed E-state index contributed by atoms with van der Waals surface area (Å²) >= 11 is 0. The Kier molecular flexibility index (Phi) is 5.28. The van der Waals surface area contributed by atoms with Gasteiger partial charge in [0.25, 0.3) is 5.91 Å². The van der Waals surface area contributed by atoms with E-state index in [9.17, 15) is 14.0 Å². The highest BCUT2D eigenvalue weighted by Gasteiger charge is 2.30. The molecule has 2 N–H and O–H groups in total. The number of carbonyl (C=O) groups is 2. The first-order valence-electron chi connectivity index (χ1n) is 9.73. The molecule has 2 aliphatic rings. The number of likely N-dealkylation sites (tertiary alicyclic amines) is 1. The van der Waals surface area contributed by atoms with E-state index in [2.05, 4.69) is 20.6 Å². The van der Waals surface area contributed by atoms with Crippen LogP contribution in [0.3, 0.4) is 0 Å². The maximum absolute atomic E-state index is 13.1. The number of fused-ring (bicyclic) bond motifs is 1. The van der Waals surface area contributed by atoms with Crippen molar-refractivity contribution in [2.24, 2.45) is 0 Å². The van der Waals surface area contributed by atoms with E-state index in [1.807, 2.05) is 0 Å². The second kappa shape index (κ2) is 8.02.